The Morgan fingerprint density at radius 2 is 1.48 bits per heavy atom. The highest BCUT2D eigenvalue weighted by Gasteiger charge is 2.21. The van der Waals surface area contributed by atoms with E-state index < -0.39 is 0 Å². The average Bonchev–Trinajstić information content (AvgIpc) is 3.24. The van der Waals surface area contributed by atoms with Crippen molar-refractivity contribution in [3.05, 3.63) is 107 Å². The molecule has 0 fully saturated rings. The van der Waals surface area contributed by atoms with E-state index in [9.17, 15) is 0 Å². The highest BCUT2D eigenvalue weighted by atomic mass is 16.4. The summed E-state index contributed by atoms with van der Waals surface area (Å²) in [5.74, 6) is 1.12. The normalized spacial score (nSPS) is 13.2. The predicted molar refractivity (Wildman–Crippen MR) is 115 cm³/mol. The van der Waals surface area contributed by atoms with Crippen LogP contribution < -0.4 is 5.32 Å². The topological polar surface area (TPSA) is 51.0 Å². The molecule has 0 bridgehead atoms. The molecule has 0 aliphatic carbocycles. The second-order valence-electron chi connectivity index (χ2n) is 7.46. The number of nitrogens with one attached hydrogen (secondary N) is 1. The molecule has 0 amide bonds. The molecule has 4 rings (SSSR count). The molecular formula is C25H25N3O. The summed E-state index contributed by atoms with van der Waals surface area (Å²) in [5, 5.41) is 12.2. The molecule has 0 unspecified atom stereocenters. The second kappa shape index (κ2) is 8.41. The van der Waals surface area contributed by atoms with Gasteiger partial charge in [0.2, 0.25) is 11.8 Å². The average molecular weight is 383 g/mol. The summed E-state index contributed by atoms with van der Waals surface area (Å²) in [7, 11) is 0. The third-order valence-electron chi connectivity index (χ3n) is 5.04. The van der Waals surface area contributed by atoms with Crippen LogP contribution in [0.15, 0.2) is 83.3 Å². The molecule has 0 spiro atoms. The van der Waals surface area contributed by atoms with Gasteiger partial charge in [-0.25, -0.2) is 0 Å². The Morgan fingerprint density at radius 1 is 0.759 bits per heavy atom. The predicted octanol–water partition coefficient (Wildman–Crippen LogP) is 5.79. The molecule has 0 radical (unpaired) electrons. The number of rotatable bonds is 6. The molecule has 29 heavy (non-hydrogen) atoms. The van der Waals surface area contributed by atoms with E-state index in [2.05, 4.69) is 96.9 Å². The molecule has 4 aromatic rings. The second-order valence-corrected chi connectivity index (χ2v) is 7.46. The Morgan fingerprint density at radius 3 is 2.21 bits per heavy atom. The monoisotopic (exact) mass is 383 g/mol. The maximum atomic E-state index is 5.99. The van der Waals surface area contributed by atoms with Crippen LogP contribution in [0.5, 0.6) is 0 Å². The zero-order valence-electron chi connectivity index (χ0n) is 17.0. The molecular weight excluding hydrogens is 358 g/mol. The van der Waals surface area contributed by atoms with Crippen LogP contribution in [0.2, 0.25) is 0 Å². The number of aryl methyl sites for hydroxylation is 2. The SMILES string of the molecule is Cc1ccc([C@H](N[C@H](C)c2nnc(-c3cccc(C)c3)o2)c2ccccc2)cc1. The minimum absolute atomic E-state index is 0.0288. The molecule has 1 aromatic heterocycles. The highest BCUT2D eigenvalue weighted by molar-refractivity contribution is 5.53. The van der Waals surface area contributed by atoms with Crippen molar-refractivity contribution in [1.29, 1.82) is 0 Å². The first kappa shape index (κ1) is 19.1. The van der Waals surface area contributed by atoms with Crippen LogP contribution in [-0.2, 0) is 0 Å². The van der Waals surface area contributed by atoms with Crippen LogP contribution >= 0.6 is 0 Å². The van der Waals surface area contributed by atoms with Crippen molar-refractivity contribution >= 4 is 0 Å². The van der Waals surface area contributed by atoms with Gasteiger partial charge in [-0.1, -0.05) is 77.9 Å². The summed E-state index contributed by atoms with van der Waals surface area (Å²) in [6.07, 6.45) is 0. The molecule has 1 N–H and O–H groups in total. The van der Waals surface area contributed by atoms with Gasteiger partial charge in [0.05, 0.1) is 12.1 Å². The van der Waals surface area contributed by atoms with Crippen molar-refractivity contribution in [1.82, 2.24) is 15.5 Å². The van der Waals surface area contributed by atoms with E-state index in [1.54, 1.807) is 0 Å². The lowest BCUT2D eigenvalue weighted by Crippen LogP contribution is -2.26. The van der Waals surface area contributed by atoms with E-state index in [1.165, 1.54) is 16.7 Å². The zero-order valence-corrected chi connectivity index (χ0v) is 17.0. The Bertz CT molecular complexity index is 1070. The number of benzene rings is 3. The molecule has 3 aromatic carbocycles. The standard InChI is InChI=1S/C25H25N3O/c1-17-12-14-21(15-13-17)23(20-9-5-4-6-10-20)26-19(3)24-27-28-25(29-24)22-11-7-8-18(2)16-22/h4-16,19,23,26H,1-3H3/t19-,23-/m1/s1. The van der Waals surface area contributed by atoms with Gasteiger partial charge in [-0.15, -0.1) is 10.2 Å². The van der Waals surface area contributed by atoms with E-state index in [-0.39, 0.29) is 12.1 Å². The fraction of sp³-hybridized carbons (Fsp3) is 0.200. The summed E-state index contributed by atoms with van der Waals surface area (Å²) in [4.78, 5) is 0. The van der Waals surface area contributed by atoms with Crippen molar-refractivity contribution in [2.75, 3.05) is 0 Å². The van der Waals surface area contributed by atoms with Gasteiger partial charge in [0.1, 0.15) is 0 Å². The van der Waals surface area contributed by atoms with Gasteiger partial charge in [0.15, 0.2) is 0 Å². The van der Waals surface area contributed by atoms with E-state index in [4.69, 9.17) is 4.42 Å². The molecule has 1 heterocycles. The lowest BCUT2D eigenvalue weighted by molar-refractivity contribution is 0.403. The molecule has 4 nitrogen and oxygen atoms in total. The first-order valence-electron chi connectivity index (χ1n) is 9.88. The minimum atomic E-state index is -0.104. The van der Waals surface area contributed by atoms with Crippen LogP contribution in [-0.4, -0.2) is 10.2 Å². The summed E-state index contributed by atoms with van der Waals surface area (Å²) in [5.41, 5.74) is 5.74. The van der Waals surface area contributed by atoms with E-state index >= 15 is 0 Å². The van der Waals surface area contributed by atoms with Gasteiger partial charge in [0.25, 0.3) is 0 Å². The summed E-state index contributed by atoms with van der Waals surface area (Å²) >= 11 is 0. The largest absolute Gasteiger partial charge is 0.419 e. The minimum Gasteiger partial charge on any atom is -0.419 e. The maximum Gasteiger partial charge on any atom is 0.247 e. The van der Waals surface area contributed by atoms with Crippen molar-refractivity contribution in [3.63, 3.8) is 0 Å². The number of hydrogen-bond acceptors (Lipinski definition) is 4. The lowest BCUT2D eigenvalue weighted by atomic mass is 9.97. The van der Waals surface area contributed by atoms with Crippen molar-refractivity contribution in [3.8, 4) is 11.5 Å². The molecule has 0 saturated heterocycles. The summed E-state index contributed by atoms with van der Waals surface area (Å²) in [6, 6.07) is 27.0. The van der Waals surface area contributed by atoms with E-state index in [0.717, 1.165) is 11.1 Å². The Labute approximate surface area is 171 Å². The van der Waals surface area contributed by atoms with Crippen LogP contribution in [0.4, 0.5) is 0 Å². The molecule has 2 atom stereocenters. The fourth-order valence-electron chi connectivity index (χ4n) is 3.41. The van der Waals surface area contributed by atoms with E-state index in [0.29, 0.717) is 11.8 Å². The number of nitrogens with zero attached hydrogens (tertiary/aromatic N) is 2. The van der Waals surface area contributed by atoms with Crippen LogP contribution in [0, 0.1) is 13.8 Å². The van der Waals surface area contributed by atoms with Crippen LogP contribution in [0.1, 0.15) is 47.2 Å². The van der Waals surface area contributed by atoms with Gasteiger partial charge >= 0.3 is 0 Å². The van der Waals surface area contributed by atoms with Gasteiger partial charge in [-0.05, 0) is 44.0 Å². The molecule has 146 valence electrons. The van der Waals surface area contributed by atoms with Gasteiger partial charge in [-0.2, -0.15) is 0 Å². The first-order chi connectivity index (χ1) is 14.1. The molecule has 0 saturated carbocycles. The highest BCUT2D eigenvalue weighted by Crippen LogP contribution is 2.27. The van der Waals surface area contributed by atoms with Crippen molar-refractivity contribution in [2.24, 2.45) is 0 Å². The number of hydrogen-bond donors (Lipinski definition) is 1. The molecule has 0 aliphatic heterocycles. The molecule has 4 heteroatoms. The van der Waals surface area contributed by atoms with Crippen molar-refractivity contribution < 1.29 is 4.42 Å². The Balaban J connectivity index is 1.60. The maximum absolute atomic E-state index is 5.99. The van der Waals surface area contributed by atoms with Crippen molar-refractivity contribution in [2.45, 2.75) is 32.9 Å². The zero-order chi connectivity index (χ0) is 20.2. The van der Waals surface area contributed by atoms with Gasteiger partial charge < -0.3 is 4.42 Å². The third kappa shape index (κ3) is 4.44. The van der Waals surface area contributed by atoms with Gasteiger partial charge in [-0.3, -0.25) is 5.32 Å². The quantitative estimate of drug-likeness (QED) is 0.458. The Kier molecular flexibility index (Phi) is 5.54. The first-order valence-corrected chi connectivity index (χ1v) is 9.88. The third-order valence-corrected chi connectivity index (χ3v) is 5.04. The van der Waals surface area contributed by atoms with Gasteiger partial charge in [0, 0.05) is 5.56 Å². The summed E-state index contributed by atoms with van der Waals surface area (Å²) < 4.78 is 5.99. The van der Waals surface area contributed by atoms with Crippen LogP contribution in [0.3, 0.4) is 0 Å². The Hall–Kier alpha value is -3.24. The fourth-order valence-corrected chi connectivity index (χ4v) is 3.41. The number of aromatic nitrogens is 2. The molecule has 0 aliphatic rings. The lowest BCUT2D eigenvalue weighted by Gasteiger charge is -2.23. The van der Waals surface area contributed by atoms with Crippen LogP contribution in [0.25, 0.3) is 11.5 Å². The van der Waals surface area contributed by atoms with E-state index in [1.807, 2.05) is 18.2 Å². The smallest absolute Gasteiger partial charge is 0.247 e. The summed E-state index contributed by atoms with van der Waals surface area (Å²) in [6.45, 7) is 6.21.